The number of ether oxygens (including phenoxy) is 2. The number of imidazole rings is 1. The number of nitrogens with zero attached hydrogens (tertiary/aromatic N) is 3. The standard InChI is InChI=1S/C19H19N5O3/c1-26-16-10-27-9-14(16)8-24-15-5-13(7-22-18(15)23-19(24)25)12-4-11-2-3-20-17(11)21-6-12/h2-7,14,16H,8-10H2,1H3,(H,20,21)(H,22,23,25)/t14-,16-/m0/s1. The molecular weight excluding hydrogens is 346 g/mol. The van der Waals surface area contributed by atoms with Crippen LogP contribution in [0.4, 0.5) is 0 Å². The first-order valence-corrected chi connectivity index (χ1v) is 8.85. The Morgan fingerprint density at radius 3 is 2.89 bits per heavy atom. The number of H-pyrrole nitrogens is 2. The van der Waals surface area contributed by atoms with Gasteiger partial charge in [-0.05, 0) is 18.2 Å². The highest BCUT2D eigenvalue weighted by atomic mass is 16.5. The summed E-state index contributed by atoms with van der Waals surface area (Å²) in [5, 5.41) is 1.03. The number of fused-ring (bicyclic) bond motifs is 2. The topological polar surface area (TPSA) is 97.8 Å². The molecule has 1 fully saturated rings. The first-order chi connectivity index (χ1) is 13.2. The van der Waals surface area contributed by atoms with Crippen molar-refractivity contribution in [2.75, 3.05) is 20.3 Å². The monoisotopic (exact) mass is 365 g/mol. The molecule has 0 saturated carbocycles. The van der Waals surface area contributed by atoms with Gasteiger partial charge in [-0.25, -0.2) is 14.8 Å². The van der Waals surface area contributed by atoms with Gasteiger partial charge in [-0.3, -0.25) is 9.55 Å². The summed E-state index contributed by atoms with van der Waals surface area (Å²) in [5.41, 5.74) is 3.89. The van der Waals surface area contributed by atoms with Crippen molar-refractivity contribution in [2.45, 2.75) is 12.6 Å². The van der Waals surface area contributed by atoms with E-state index in [1.807, 2.05) is 24.5 Å². The zero-order valence-electron chi connectivity index (χ0n) is 14.8. The Balaban J connectivity index is 1.57. The van der Waals surface area contributed by atoms with Crippen molar-refractivity contribution in [2.24, 2.45) is 5.92 Å². The van der Waals surface area contributed by atoms with Crippen LogP contribution in [0, 0.1) is 5.92 Å². The van der Waals surface area contributed by atoms with E-state index in [0.717, 1.165) is 27.7 Å². The Kier molecular flexibility index (Phi) is 3.80. The third-order valence-electron chi connectivity index (χ3n) is 5.22. The SMILES string of the molecule is CO[C@H]1COC[C@@H]1Cn1c(=O)[nH]c2ncc(-c3cnc4[nH]ccc4c3)cc21. The van der Waals surface area contributed by atoms with E-state index in [4.69, 9.17) is 9.47 Å². The minimum absolute atomic E-state index is 0.00168. The van der Waals surface area contributed by atoms with Crippen molar-refractivity contribution >= 4 is 22.2 Å². The number of rotatable bonds is 4. The fourth-order valence-corrected chi connectivity index (χ4v) is 3.71. The van der Waals surface area contributed by atoms with Crippen LogP contribution >= 0.6 is 0 Å². The molecule has 0 bridgehead atoms. The molecule has 0 aromatic carbocycles. The van der Waals surface area contributed by atoms with Crippen molar-refractivity contribution in [1.82, 2.24) is 24.5 Å². The van der Waals surface area contributed by atoms with Crippen LogP contribution in [0.1, 0.15) is 0 Å². The van der Waals surface area contributed by atoms with Crippen LogP contribution in [0.2, 0.25) is 0 Å². The number of nitrogens with one attached hydrogen (secondary N) is 2. The van der Waals surface area contributed by atoms with E-state index in [9.17, 15) is 4.79 Å². The van der Waals surface area contributed by atoms with E-state index in [1.165, 1.54) is 0 Å². The van der Waals surface area contributed by atoms with Crippen LogP contribution in [0.5, 0.6) is 0 Å². The minimum atomic E-state index is -0.171. The second-order valence-electron chi connectivity index (χ2n) is 6.84. The van der Waals surface area contributed by atoms with Gasteiger partial charge in [-0.2, -0.15) is 0 Å². The van der Waals surface area contributed by atoms with Crippen LogP contribution in [-0.4, -0.2) is 50.9 Å². The summed E-state index contributed by atoms with van der Waals surface area (Å²) < 4.78 is 12.7. The predicted octanol–water partition coefficient (Wildman–Crippen LogP) is 1.93. The van der Waals surface area contributed by atoms with E-state index >= 15 is 0 Å². The van der Waals surface area contributed by atoms with Crippen molar-refractivity contribution in [1.29, 1.82) is 0 Å². The predicted molar refractivity (Wildman–Crippen MR) is 101 cm³/mol. The normalized spacial score (nSPS) is 20.0. The van der Waals surface area contributed by atoms with Gasteiger partial charge in [0, 0.05) is 54.7 Å². The average Bonchev–Trinajstić information content (AvgIpc) is 3.40. The summed E-state index contributed by atoms with van der Waals surface area (Å²) in [7, 11) is 1.67. The zero-order valence-corrected chi connectivity index (χ0v) is 14.8. The highest BCUT2D eigenvalue weighted by molar-refractivity contribution is 5.84. The van der Waals surface area contributed by atoms with E-state index in [2.05, 4.69) is 26.0 Å². The summed E-state index contributed by atoms with van der Waals surface area (Å²) in [6.07, 6.45) is 5.43. The molecule has 4 aromatic rings. The maximum absolute atomic E-state index is 12.5. The molecule has 5 rings (SSSR count). The van der Waals surface area contributed by atoms with Crippen molar-refractivity contribution in [3.05, 3.63) is 47.3 Å². The van der Waals surface area contributed by atoms with Crippen molar-refractivity contribution in [3.8, 4) is 11.1 Å². The van der Waals surface area contributed by atoms with E-state index in [1.54, 1.807) is 17.9 Å². The maximum Gasteiger partial charge on any atom is 0.327 e. The lowest BCUT2D eigenvalue weighted by Crippen LogP contribution is -2.29. The molecule has 0 spiro atoms. The fraction of sp³-hybridized carbons (Fsp3) is 0.316. The smallest absolute Gasteiger partial charge is 0.327 e. The molecule has 0 unspecified atom stereocenters. The first-order valence-electron chi connectivity index (χ1n) is 8.85. The number of aromatic amines is 2. The van der Waals surface area contributed by atoms with E-state index in [0.29, 0.717) is 25.4 Å². The van der Waals surface area contributed by atoms with Crippen molar-refractivity contribution in [3.63, 3.8) is 0 Å². The van der Waals surface area contributed by atoms with Gasteiger partial charge in [0.25, 0.3) is 0 Å². The first kappa shape index (κ1) is 16.2. The molecule has 0 amide bonds. The molecule has 5 heterocycles. The third kappa shape index (κ3) is 2.73. The van der Waals surface area contributed by atoms with Crippen LogP contribution in [0.15, 0.2) is 41.6 Å². The van der Waals surface area contributed by atoms with Gasteiger partial charge in [0.15, 0.2) is 5.65 Å². The summed E-state index contributed by atoms with van der Waals surface area (Å²) in [6.45, 7) is 1.67. The quantitative estimate of drug-likeness (QED) is 0.576. The lowest BCUT2D eigenvalue weighted by Gasteiger charge is -2.16. The van der Waals surface area contributed by atoms with Gasteiger partial charge in [0.05, 0.1) is 24.8 Å². The second kappa shape index (κ2) is 6.33. The van der Waals surface area contributed by atoms with E-state index in [-0.39, 0.29) is 17.7 Å². The highest BCUT2D eigenvalue weighted by Crippen LogP contribution is 2.25. The molecule has 0 aliphatic carbocycles. The van der Waals surface area contributed by atoms with Gasteiger partial charge in [-0.1, -0.05) is 0 Å². The Labute approximate surface area is 154 Å². The molecule has 138 valence electrons. The lowest BCUT2D eigenvalue weighted by atomic mass is 10.1. The maximum atomic E-state index is 12.5. The van der Waals surface area contributed by atoms with Gasteiger partial charge in [-0.15, -0.1) is 0 Å². The number of hydrogen-bond acceptors (Lipinski definition) is 5. The molecule has 8 heteroatoms. The van der Waals surface area contributed by atoms with Crippen LogP contribution in [0.3, 0.4) is 0 Å². The molecule has 1 saturated heterocycles. The second-order valence-corrected chi connectivity index (χ2v) is 6.84. The molecule has 0 radical (unpaired) electrons. The number of aromatic nitrogens is 5. The number of methoxy groups -OCH3 is 1. The Morgan fingerprint density at radius 1 is 1.22 bits per heavy atom. The zero-order chi connectivity index (χ0) is 18.4. The van der Waals surface area contributed by atoms with Gasteiger partial charge < -0.3 is 14.5 Å². The minimum Gasteiger partial charge on any atom is -0.379 e. The largest absolute Gasteiger partial charge is 0.379 e. The summed E-state index contributed by atoms with van der Waals surface area (Å²) >= 11 is 0. The van der Waals surface area contributed by atoms with Crippen LogP contribution in [-0.2, 0) is 16.0 Å². The molecule has 2 atom stereocenters. The number of hydrogen-bond donors (Lipinski definition) is 2. The Morgan fingerprint density at radius 2 is 2.04 bits per heavy atom. The fourth-order valence-electron chi connectivity index (χ4n) is 3.71. The highest BCUT2D eigenvalue weighted by Gasteiger charge is 2.29. The molecule has 2 N–H and O–H groups in total. The Bertz CT molecular complexity index is 1170. The Hall–Kier alpha value is -2.97. The van der Waals surface area contributed by atoms with Gasteiger partial charge in [0.2, 0.25) is 0 Å². The third-order valence-corrected chi connectivity index (χ3v) is 5.22. The van der Waals surface area contributed by atoms with Crippen molar-refractivity contribution < 1.29 is 9.47 Å². The van der Waals surface area contributed by atoms with Gasteiger partial charge in [0.1, 0.15) is 5.65 Å². The summed E-state index contributed by atoms with van der Waals surface area (Å²) in [6, 6.07) is 6.02. The van der Waals surface area contributed by atoms with Gasteiger partial charge >= 0.3 is 5.69 Å². The molecular formula is C19H19N5O3. The molecule has 1 aliphatic rings. The molecule has 27 heavy (non-hydrogen) atoms. The molecule has 8 nitrogen and oxygen atoms in total. The molecule has 4 aromatic heterocycles. The average molecular weight is 365 g/mol. The molecule has 1 aliphatic heterocycles. The lowest BCUT2D eigenvalue weighted by molar-refractivity contribution is 0.0632. The van der Waals surface area contributed by atoms with Crippen LogP contribution < -0.4 is 5.69 Å². The van der Waals surface area contributed by atoms with E-state index < -0.39 is 0 Å². The summed E-state index contributed by atoms with van der Waals surface area (Å²) in [5.74, 6) is 0.133. The van der Waals surface area contributed by atoms with Crippen LogP contribution in [0.25, 0.3) is 33.3 Å². The number of pyridine rings is 2. The summed E-state index contributed by atoms with van der Waals surface area (Å²) in [4.78, 5) is 27.3.